The number of benzene rings is 1. The molecule has 4 rings (SSSR count). The highest BCUT2D eigenvalue weighted by atomic mass is 19.3. The van der Waals surface area contributed by atoms with Crippen LogP contribution in [0, 0.1) is 0 Å². The molecular formula is C17H15F2N5O2. The standard InChI is InChI=1S/C17H15F2N5O2/c1-23-10-20-8-13(23)16(25)24-9-17(18,19)7-12(24)15-21-14(22-26-15)11-5-3-2-4-6-11/h2-6,8,10,12H,7,9H2,1H3/t12-/m0/s1. The molecule has 3 aromatic rings. The van der Waals surface area contributed by atoms with E-state index < -0.39 is 30.8 Å². The van der Waals surface area contributed by atoms with Gasteiger partial charge in [-0.15, -0.1) is 0 Å². The van der Waals surface area contributed by atoms with Gasteiger partial charge in [0.2, 0.25) is 11.7 Å². The summed E-state index contributed by atoms with van der Waals surface area (Å²) in [4.78, 5) is 21.9. The molecule has 1 aromatic carbocycles. The Bertz CT molecular complexity index is 938. The summed E-state index contributed by atoms with van der Waals surface area (Å²) in [5, 5.41) is 3.87. The van der Waals surface area contributed by atoms with Gasteiger partial charge in [-0.25, -0.2) is 13.8 Å². The lowest BCUT2D eigenvalue weighted by Crippen LogP contribution is -2.34. The van der Waals surface area contributed by atoms with E-state index in [4.69, 9.17) is 4.52 Å². The lowest BCUT2D eigenvalue weighted by atomic mass is 10.2. The van der Waals surface area contributed by atoms with Crippen molar-refractivity contribution in [1.82, 2.24) is 24.6 Å². The minimum atomic E-state index is -3.03. The summed E-state index contributed by atoms with van der Waals surface area (Å²) in [7, 11) is 1.63. The number of nitrogens with zero attached hydrogens (tertiary/aromatic N) is 5. The number of imidazole rings is 1. The van der Waals surface area contributed by atoms with E-state index >= 15 is 0 Å². The molecule has 26 heavy (non-hydrogen) atoms. The van der Waals surface area contributed by atoms with Gasteiger partial charge >= 0.3 is 0 Å². The van der Waals surface area contributed by atoms with Crippen LogP contribution in [0.2, 0.25) is 0 Å². The average Bonchev–Trinajstić information content (AvgIpc) is 3.33. The summed E-state index contributed by atoms with van der Waals surface area (Å²) in [6.07, 6.45) is 2.22. The molecule has 1 aliphatic rings. The molecule has 0 aliphatic carbocycles. The van der Waals surface area contributed by atoms with Crippen molar-refractivity contribution in [2.75, 3.05) is 6.54 Å². The van der Waals surface area contributed by atoms with Crippen LogP contribution >= 0.6 is 0 Å². The van der Waals surface area contributed by atoms with E-state index in [9.17, 15) is 13.6 Å². The maximum atomic E-state index is 14.1. The SMILES string of the molecule is Cn1cncc1C(=O)N1CC(F)(F)C[C@H]1c1nc(-c2ccccc2)no1. The minimum absolute atomic E-state index is 0.00320. The highest BCUT2D eigenvalue weighted by Gasteiger charge is 2.50. The number of halogens is 2. The van der Waals surface area contributed by atoms with Gasteiger partial charge in [0.25, 0.3) is 11.8 Å². The molecule has 1 atom stereocenters. The number of aryl methyl sites for hydroxylation is 1. The van der Waals surface area contributed by atoms with Gasteiger partial charge in [0, 0.05) is 19.0 Å². The van der Waals surface area contributed by atoms with Crippen LogP contribution in [0.1, 0.15) is 28.8 Å². The molecular weight excluding hydrogens is 344 g/mol. The van der Waals surface area contributed by atoms with Crippen molar-refractivity contribution in [3.8, 4) is 11.4 Å². The Balaban J connectivity index is 1.67. The van der Waals surface area contributed by atoms with Crippen molar-refractivity contribution in [3.05, 3.63) is 54.4 Å². The van der Waals surface area contributed by atoms with Crippen molar-refractivity contribution >= 4 is 5.91 Å². The zero-order valence-electron chi connectivity index (χ0n) is 13.8. The molecule has 9 heteroatoms. The topological polar surface area (TPSA) is 77.1 Å². The third-order valence-corrected chi connectivity index (χ3v) is 4.33. The van der Waals surface area contributed by atoms with E-state index in [1.54, 1.807) is 19.2 Å². The predicted octanol–water partition coefficient (Wildman–Crippen LogP) is 2.69. The van der Waals surface area contributed by atoms with E-state index in [1.165, 1.54) is 17.1 Å². The second kappa shape index (κ2) is 6.01. The quantitative estimate of drug-likeness (QED) is 0.719. The van der Waals surface area contributed by atoms with Crippen LogP contribution in [0.3, 0.4) is 0 Å². The van der Waals surface area contributed by atoms with E-state index in [1.807, 2.05) is 18.2 Å². The summed E-state index contributed by atoms with van der Waals surface area (Å²) >= 11 is 0. The van der Waals surface area contributed by atoms with Gasteiger partial charge in [0.05, 0.1) is 19.1 Å². The molecule has 1 amide bonds. The van der Waals surface area contributed by atoms with E-state index in [0.29, 0.717) is 11.4 Å². The van der Waals surface area contributed by atoms with Crippen molar-refractivity contribution in [1.29, 1.82) is 0 Å². The Morgan fingerprint density at radius 3 is 2.77 bits per heavy atom. The molecule has 7 nitrogen and oxygen atoms in total. The van der Waals surface area contributed by atoms with Crippen LogP contribution in [0.15, 0.2) is 47.4 Å². The number of aromatic nitrogens is 4. The molecule has 0 N–H and O–H groups in total. The molecule has 3 heterocycles. The fraction of sp³-hybridized carbons (Fsp3) is 0.294. The maximum Gasteiger partial charge on any atom is 0.273 e. The van der Waals surface area contributed by atoms with Crippen LogP contribution in [0.5, 0.6) is 0 Å². The van der Waals surface area contributed by atoms with E-state index in [-0.39, 0.29) is 11.6 Å². The number of carbonyl (C=O) groups excluding carboxylic acids is 1. The molecule has 0 saturated carbocycles. The first-order valence-electron chi connectivity index (χ1n) is 7.99. The fourth-order valence-electron chi connectivity index (χ4n) is 3.04. The Labute approximate surface area is 147 Å². The number of amides is 1. The lowest BCUT2D eigenvalue weighted by molar-refractivity contribution is 0.0115. The predicted molar refractivity (Wildman–Crippen MR) is 86.3 cm³/mol. The average molecular weight is 359 g/mol. The van der Waals surface area contributed by atoms with Crippen LogP contribution in [-0.4, -0.2) is 43.0 Å². The van der Waals surface area contributed by atoms with Gasteiger partial charge in [0.15, 0.2) is 0 Å². The van der Waals surface area contributed by atoms with Crippen LogP contribution in [-0.2, 0) is 7.05 Å². The van der Waals surface area contributed by atoms with Gasteiger partial charge < -0.3 is 14.0 Å². The first-order chi connectivity index (χ1) is 12.4. The Morgan fingerprint density at radius 1 is 1.31 bits per heavy atom. The molecule has 0 radical (unpaired) electrons. The molecule has 1 aliphatic heterocycles. The van der Waals surface area contributed by atoms with Gasteiger partial charge in [-0.05, 0) is 0 Å². The Hall–Kier alpha value is -3.10. The molecule has 134 valence electrons. The minimum Gasteiger partial charge on any atom is -0.337 e. The van der Waals surface area contributed by atoms with Crippen molar-refractivity contribution < 1.29 is 18.1 Å². The van der Waals surface area contributed by atoms with E-state index in [2.05, 4.69) is 15.1 Å². The second-order valence-corrected chi connectivity index (χ2v) is 6.22. The maximum absolute atomic E-state index is 14.1. The zero-order valence-corrected chi connectivity index (χ0v) is 13.8. The smallest absolute Gasteiger partial charge is 0.273 e. The van der Waals surface area contributed by atoms with E-state index in [0.717, 1.165) is 4.90 Å². The monoisotopic (exact) mass is 359 g/mol. The molecule has 0 spiro atoms. The zero-order chi connectivity index (χ0) is 18.3. The van der Waals surface area contributed by atoms with Gasteiger partial charge in [-0.3, -0.25) is 4.79 Å². The molecule has 0 bridgehead atoms. The number of hydrogen-bond acceptors (Lipinski definition) is 5. The van der Waals surface area contributed by atoms with Crippen molar-refractivity contribution in [3.63, 3.8) is 0 Å². The number of carbonyl (C=O) groups is 1. The Kier molecular flexibility index (Phi) is 3.78. The summed E-state index contributed by atoms with van der Waals surface area (Å²) < 4.78 is 34.8. The Morgan fingerprint density at radius 2 is 2.08 bits per heavy atom. The fourth-order valence-corrected chi connectivity index (χ4v) is 3.04. The number of hydrogen-bond donors (Lipinski definition) is 0. The van der Waals surface area contributed by atoms with Crippen molar-refractivity contribution in [2.45, 2.75) is 18.4 Å². The number of rotatable bonds is 3. The van der Waals surface area contributed by atoms with Gasteiger partial charge in [0.1, 0.15) is 11.7 Å². The third-order valence-electron chi connectivity index (χ3n) is 4.33. The first kappa shape index (κ1) is 16.4. The summed E-state index contributed by atoms with van der Waals surface area (Å²) in [5.41, 5.74) is 0.923. The molecule has 2 aromatic heterocycles. The molecule has 0 unspecified atom stereocenters. The van der Waals surface area contributed by atoms with Crippen LogP contribution in [0.25, 0.3) is 11.4 Å². The second-order valence-electron chi connectivity index (χ2n) is 6.22. The number of alkyl halides is 2. The normalized spacial score (nSPS) is 19.0. The summed E-state index contributed by atoms with van der Waals surface area (Å²) in [6, 6.07) is 8.06. The van der Waals surface area contributed by atoms with Crippen molar-refractivity contribution in [2.24, 2.45) is 7.05 Å². The lowest BCUT2D eigenvalue weighted by Gasteiger charge is -2.21. The molecule has 1 fully saturated rings. The third kappa shape index (κ3) is 2.85. The van der Waals surface area contributed by atoms with Gasteiger partial charge in [-0.1, -0.05) is 35.5 Å². The van der Waals surface area contributed by atoms with Crippen LogP contribution < -0.4 is 0 Å². The molecule has 1 saturated heterocycles. The number of likely N-dealkylation sites (tertiary alicyclic amines) is 1. The summed E-state index contributed by atoms with van der Waals surface area (Å²) in [6.45, 7) is -0.704. The largest absolute Gasteiger partial charge is 0.337 e. The van der Waals surface area contributed by atoms with Crippen LogP contribution in [0.4, 0.5) is 8.78 Å². The first-order valence-corrected chi connectivity index (χ1v) is 7.99. The highest BCUT2D eigenvalue weighted by Crippen LogP contribution is 2.41. The summed E-state index contributed by atoms with van der Waals surface area (Å²) in [5.74, 6) is -3.28. The highest BCUT2D eigenvalue weighted by molar-refractivity contribution is 5.93. The van der Waals surface area contributed by atoms with Gasteiger partial charge in [-0.2, -0.15) is 4.98 Å².